The van der Waals surface area contributed by atoms with Gasteiger partial charge in [0.15, 0.2) is 9.84 Å². The Labute approximate surface area is 116 Å². The predicted molar refractivity (Wildman–Crippen MR) is 74.8 cm³/mol. The van der Waals surface area contributed by atoms with E-state index in [1.165, 1.54) is 42.5 Å². The second-order valence-corrected chi connectivity index (χ2v) is 6.30. The smallest absolute Gasteiger partial charge is 0.181 e. The second kappa shape index (κ2) is 5.92. The number of rotatable bonds is 5. The number of ether oxygens (including phenoxy) is 1. The van der Waals surface area contributed by atoms with Gasteiger partial charge in [-0.25, -0.2) is 12.8 Å². The average molecular weight is 295 g/mol. The number of halogens is 1. The summed E-state index contributed by atoms with van der Waals surface area (Å²) in [6.45, 7) is -0.0455. The van der Waals surface area contributed by atoms with Crippen LogP contribution in [0, 0.1) is 5.82 Å². The molecule has 0 fully saturated rings. The van der Waals surface area contributed by atoms with Gasteiger partial charge in [-0.15, -0.1) is 0 Å². The first-order chi connectivity index (χ1) is 9.47. The molecule has 0 atom stereocenters. The number of anilines is 1. The maximum atomic E-state index is 12.9. The lowest BCUT2D eigenvalue weighted by Gasteiger charge is -2.07. The molecule has 0 aliphatic rings. The Morgan fingerprint density at radius 1 is 1.10 bits per heavy atom. The van der Waals surface area contributed by atoms with E-state index in [1.807, 2.05) is 0 Å². The quantitative estimate of drug-likeness (QED) is 0.859. The monoisotopic (exact) mass is 295 g/mol. The van der Waals surface area contributed by atoms with Crippen molar-refractivity contribution in [2.45, 2.75) is 4.90 Å². The van der Waals surface area contributed by atoms with Gasteiger partial charge in [0.2, 0.25) is 0 Å². The van der Waals surface area contributed by atoms with Crippen molar-refractivity contribution in [3.63, 3.8) is 0 Å². The molecule has 0 amide bonds. The van der Waals surface area contributed by atoms with Crippen LogP contribution in [0.25, 0.3) is 0 Å². The molecular weight excluding hydrogens is 281 g/mol. The van der Waals surface area contributed by atoms with Crippen molar-refractivity contribution in [2.75, 3.05) is 18.1 Å². The molecule has 0 spiro atoms. The zero-order valence-electron chi connectivity index (χ0n) is 10.6. The summed E-state index contributed by atoms with van der Waals surface area (Å²) in [6, 6.07) is 11.5. The van der Waals surface area contributed by atoms with Gasteiger partial charge in [0.25, 0.3) is 0 Å². The molecule has 4 nitrogen and oxygen atoms in total. The highest BCUT2D eigenvalue weighted by molar-refractivity contribution is 7.91. The molecule has 0 aromatic heterocycles. The summed E-state index contributed by atoms with van der Waals surface area (Å²) in [4.78, 5) is 0.189. The van der Waals surface area contributed by atoms with E-state index in [0.717, 1.165) is 0 Å². The number of nitrogens with two attached hydrogens (primary N) is 1. The molecule has 0 unspecified atom stereocenters. The van der Waals surface area contributed by atoms with Gasteiger partial charge in [-0.3, -0.25) is 0 Å². The Morgan fingerprint density at radius 3 is 2.45 bits per heavy atom. The van der Waals surface area contributed by atoms with Crippen LogP contribution < -0.4 is 10.5 Å². The van der Waals surface area contributed by atoms with E-state index in [0.29, 0.717) is 11.4 Å². The average Bonchev–Trinajstić information content (AvgIpc) is 2.39. The van der Waals surface area contributed by atoms with Crippen LogP contribution in [-0.2, 0) is 9.84 Å². The lowest BCUT2D eigenvalue weighted by atomic mass is 10.3. The van der Waals surface area contributed by atoms with E-state index in [9.17, 15) is 12.8 Å². The topological polar surface area (TPSA) is 69.4 Å². The Bertz CT molecular complexity index is 684. The fraction of sp³-hybridized carbons (Fsp3) is 0.143. The van der Waals surface area contributed by atoms with Crippen LogP contribution in [0.4, 0.5) is 10.1 Å². The number of hydrogen-bond acceptors (Lipinski definition) is 4. The molecule has 2 aromatic rings. The van der Waals surface area contributed by atoms with Gasteiger partial charge in [-0.1, -0.05) is 6.07 Å². The number of nitrogen functional groups attached to an aromatic ring is 1. The molecule has 0 saturated carbocycles. The van der Waals surface area contributed by atoms with Crippen LogP contribution in [-0.4, -0.2) is 20.8 Å². The van der Waals surface area contributed by atoms with Crippen LogP contribution in [0.3, 0.4) is 0 Å². The molecule has 0 saturated heterocycles. The fourth-order valence-corrected chi connectivity index (χ4v) is 2.71. The first-order valence-electron chi connectivity index (χ1n) is 5.94. The van der Waals surface area contributed by atoms with Gasteiger partial charge in [0.1, 0.15) is 18.2 Å². The molecule has 2 N–H and O–H groups in total. The molecule has 0 radical (unpaired) electrons. The molecule has 0 aliphatic carbocycles. The largest absolute Gasteiger partial charge is 0.492 e. The third-order valence-electron chi connectivity index (χ3n) is 2.66. The summed E-state index contributed by atoms with van der Waals surface area (Å²) in [5.41, 5.74) is 6.01. The summed E-state index contributed by atoms with van der Waals surface area (Å²) in [5.74, 6) is -0.311. The Morgan fingerprint density at radius 2 is 1.80 bits per heavy atom. The zero-order chi connectivity index (χ0) is 14.6. The van der Waals surface area contributed by atoms with Gasteiger partial charge in [-0.05, 0) is 36.4 Å². The molecule has 0 bridgehead atoms. The summed E-state index contributed by atoms with van der Waals surface area (Å²) in [7, 11) is -3.43. The number of hydrogen-bond donors (Lipinski definition) is 1. The van der Waals surface area contributed by atoms with E-state index in [1.54, 1.807) is 6.07 Å². The lowest BCUT2D eigenvalue weighted by molar-refractivity contribution is 0.339. The van der Waals surface area contributed by atoms with Crippen LogP contribution in [0.2, 0.25) is 0 Å². The molecule has 2 aromatic carbocycles. The van der Waals surface area contributed by atoms with Crippen molar-refractivity contribution < 1.29 is 17.5 Å². The molecule has 0 heterocycles. The van der Waals surface area contributed by atoms with Crippen molar-refractivity contribution >= 4 is 15.5 Å². The summed E-state index contributed by atoms with van der Waals surface area (Å²) in [5, 5.41) is 0. The van der Waals surface area contributed by atoms with Crippen molar-refractivity contribution in [3.8, 4) is 5.75 Å². The van der Waals surface area contributed by atoms with Crippen molar-refractivity contribution in [3.05, 3.63) is 54.3 Å². The van der Waals surface area contributed by atoms with Crippen molar-refractivity contribution in [1.82, 2.24) is 0 Å². The SMILES string of the molecule is Nc1ccc(S(=O)(=O)CCOc2cccc(F)c2)cc1. The zero-order valence-corrected chi connectivity index (χ0v) is 11.4. The maximum Gasteiger partial charge on any atom is 0.181 e. The van der Waals surface area contributed by atoms with Gasteiger partial charge in [-0.2, -0.15) is 0 Å². The molecule has 106 valence electrons. The summed E-state index contributed by atoms with van der Waals surface area (Å²) < 4.78 is 42.2. The first-order valence-corrected chi connectivity index (χ1v) is 7.59. The summed E-state index contributed by atoms with van der Waals surface area (Å²) >= 11 is 0. The maximum absolute atomic E-state index is 12.9. The Kier molecular flexibility index (Phi) is 4.24. The number of benzene rings is 2. The molecule has 20 heavy (non-hydrogen) atoms. The molecule has 6 heteroatoms. The molecular formula is C14H14FNO3S. The minimum Gasteiger partial charge on any atom is -0.492 e. The van der Waals surface area contributed by atoms with E-state index in [2.05, 4.69) is 0 Å². The van der Waals surface area contributed by atoms with Crippen LogP contribution >= 0.6 is 0 Å². The highest BCUT2D eigenvalue weighted by atomic mass is 32.2. The van der Waals surface area contributed by atoms with E-state index in [4.69, 9.17) is 10.5 Å². The molecule has 2 rings (SSSR count). The van der Waals surface area contributed by atoms with Crippen molar-refractivity contribution in [1.29, 1.82) is 0 Å². The third-order valence-corrected chi connectivity index (χ3v) is 4.35. The van der Waals surface area contributed by atoms with Gasteiger partial charge < -0.3 is 10.5 Å². The van der Waals surface area contributed by atoms with Crippen LogP contribution in [0.5, 0.6) is 5.75 Å². The van der Waals surface area contributed by atoms with Gasteiger partial charge >= 0.3 is 0 Å². The number of sulfone groups is 1. The highest BCUT2D eigenvalue weighted by Crippen LogP contribution is 2.15. The van der Waals surface area contributed by atoms with E-state index in [-0.39, 0.29) is 17.3 Å². The first kappa shape index (κ1) is 14.3. The van der Waals surface area contributed by atoms with Crippen LogP contribution in [0.1, 0.15) is 0 Å². The minimum absolute atomic E-state index is 0.0455. The predicted octanol–water partition coefficient (Wildman–Crippen LogP) is 2.26. The summed E-state index contributed by atoms with van der Waals surface area (Å²) in [6.07, 6.45) is 0. The lowest BCUT2D eigenvalue weighted by Crippen LogP contribution is -2.14. The van der Waals surface area contributed by atoms with Gasteiger partial charge in [0, 0.05) is 11.8 Å². The minimum atomic E-state index is -3.43. The van der Waals surface area contributed by atoms with Gasteiger partial charge in [0.05, 0.1) is 10.6 Å². The standard InChI is InChI=1S/C14H14FNO3S/c15-11-2-1-3-13(10-11)19-8-9-20(17,18)14-6-4-12(16)5-7-14/h1-7,10H,8-9,16H2. The normalized spacial score (nSPS) is 11.2. The fourth-order valence-electron chi connectivity index (χ4n) is 1.62. The van der Waals surface area contributed by atoms with E-state index >= 15 is 0 Å². The Balaban J connectivity index is 1.98. The van der Waals surface area contributed by atoms with E-state index < -0.39 is 15.7 Å². The van der Waals surface area contributed by atoms with Crippen molar-refractivity contribution in [2.24, 2.45) is 0 Å². The van der Waals surface area contributed by atoms with Crippen LogP contribution in [0.15, 0.2) is 53.4 Å². The third kappa shape index (κ3) is 3.71. The Hall–Kier alpha value is -2.08. The highest BCUT2D eigenvalue weighted by Gasteiger charge is 2.14. The second-order valence-electron chi connectivity index (χ2n) is 4.19. The molecule has 0 aliphatic heterocycles.